The summed E-state index contributed by atoms with van der Waals surface area (Å²) in [5, 5.41) is 2.29. The summed E-state index contributed by atoms with van der Waals surface area (Å²) in [6, 6.07) is 9.29. The number of hydrazine groups is 1. The molecule has 0 heterocycles. The standard InChI is InChI=1S/C19H26N2O4/c1-6-13-20(17(22)24-15-16-11-9-8-10-12-16)21(14-7-2)18(23)25-19(3,4)5/h6-12H,1-2,13-15H2,3-5H3. The van der Waals surface area contributed by atoms with Crippen LogP contribution in [0, 0.1) is 0 Å². The quantitative estimate of drug-likeness (QED) is 0.573. The van der Waals surface area contributed by atoms with Gasteiger partial charge < -0.3 is 9.47 Å². The Morgan fingerprint density at radius 1 is 1.00 bits per heavy atom. The molecule has 25 heavy (non-hydrogen) atoms. The zero-order valence-corrected chi connectivity index (χ0v) is 15.1. The molecule has 2 amide bonds. The highest BCUT2D eigenvalue weighted by atomic mass is 16.6. The van der Waals surface area contributed by atoms with Crippen LogP contribution in [0.15, 0.2) is 55.6 Å². The molecule has 0 bridgehead atoms. The van der Waals surface area contributed by atoms with E-state index in [4.69, 9.17) is 9.47 Å². The third-order valence-corrected chi connectivity index (χ3v) is 2.92. The van der Waals surface area contributed by atoms with Crippen molar-refractivity contribution in [3.8, 4) is 0 Å². The number of carbonyl (C=O) groups is 2. The van der Waals surface area contributed by atoms with Crippen molar-refractivity contribution >= 4 is 12.2 Å². The van der Waals surface area contributed by atoms with Crippen LogP contribution in [0.4, 0.5) is 9.59 Å². The zero-order valence-electron chi connectivity index (χ0n) is 15.1. The highest BCUT2D eigenvalue weighted by Gasteiger charge is 2.29. The molecule has 0 fully saturated rings. The van der Waals surface area contributed by atoms with Gasteiger partial charge in [-0.15, -0.1) is 13.2 Å². The van der Waals surface area contributed by atoms with Crippen molar-refractivity contribution in [1.29, 1.82) is 0 Å². The van der Waals surface area contributed by atoms with E-state index in [0.717, 1.165) is 15.6 Å². The maximum atomic E-state index is 12.5. The first-order valence-corrected chi connectivity index (χ1v) is 7.99. The lowest BCUT2D eigenvalue weighted by molar-refractivity contribution is -0.0388. The van der Waals surface area contributed by atoms with Gasteiger partial charge in [0.05, 0.1) is 13.1 Å². The molecule has 0 saturated carbocycles. The molecular weight excluding hydrogens is 320 g/mol. The summed E-state index contributed by atoms with van der Waals surface area (Å²) in [5.41, 5.74) is 0.159. The van der Waals surface area contributed by atoms with Crippen molar-refractivity contribution in [3.05, 3.63) is 61.2 Å². The normalized spacial score (nSPS) is 10.5. The molecule has 6 heteroatoms. The molecule has 0 N–H and O–H groups in total. The number of benzene rings is 1. The van der Waals surface area contributed by atoms with Gasteiger partial charge in [-0.1, -0.05) is 42.5 Å². The summed E-state index contributed by atoms with van der Waals surface area (Å²) in [5.74, 6) is 0. The summed E-state index contributed by atoms with van der Waals surface area (Å²) in [7, 11) is 0. The van der Waals surface area contributed by atoms with Gasteiger partial charge in [-0.05, 0) is 26.3 Å². The molecule has 6 nitrogen and oxygen atoms in total. The highest BCUT2D eigenvalue weighted by molar-refractivity contribution is 5.74. The van der Waals surface area contributed by atoms with E-state index in [1.807, 2.05) is 30.3 Å². The summed E-state index contributed by atoms with van der Waals surface area (Å²) in [6.45, 7) is 12.8. The lowest BCUT2D eigenvalue weighted by Crippen LogP contribution is -2.51. The minimum absolute atomic E-state index is 0.0979. The van der Waals surface area contributed by atoms with Crippen LogP contribution in [0.25, 0.3) is 0 Å². The van der Waals surface area contributed by atoms with Crippen LogP contribution in [0.3, 0.4) is 0 Å². The molecule has 0 spiro atoms. The Morgan fingerprint density at radius 2 is 1.52 bits per heavy atom. The van der Waals surface area contributed by atoms with Crippen LogP contribution in [0.5, 0.6) is 0 Å². The second-order valence-corrected chi connectivity index (χ2v) is 6.26. The first-order valence-electron chi connectivity index (χ1n) is 7.99. The fourth-order valence-corrected chi connectivity index (χ4v) is 1.90. The Bertz CT molecular complexity index is 593. The fourth-order valence-electron chi connectivity index (χ4n) is 1.90. The Hall–Kier alpha value is -2.76. The van der Waals surface area contributed by atoms with Gasteiger partial charge in [-0.25, -0.2) is 19.6 Å². The lowest BCUT2D eigenvalue weighted by atomic mass is 10.2. The zero-order chi connectivity index (χ0) is 18.9. The van der Waals surface area contributed by atoms with E-state index in [9.17, 15) is 9.59 Å². The monoisotopic (exact) mass is 346 g/mol. The van der Waals surface area contributed by atoms with Crippen molar-refractivity contribution < 1.29 is 19.1 Å². The Kier molecular flexibility index (Phi) is 7.72. The van der Waals surface area contributed by atoms with Gasteiger partial charge >= 0.3 is 12.2 Å². The minimum Gasteiger partial charge on any atom is -0.443 e. The van der Waals surface area contributed by atoms with Gasteiger partial charge in [0.1, 0.15) is 12.2 Å². The van der Waals surface area contributed by atoms with Crippen molar-refractivity contribution in [1.82, 2.24) is 10.0 Å². The largest absolute Gasteiger partial charge is 0.443 e. The van der Waals surface area contributed by atoms with E-state index in [1.54, 1.807) is 20.8 Å². The number of rotatable bonds is 6. The molecule has 1 aromatic carbocycles. The van der Waals surface area contributed by atoms with Crippen LogP contribution < -0.4 is 0 Å². The van der Waals surface area contributed by atoms with Crippen molar-refractivity contribution in [2.45, 2.75) is 33.0 Å². The smallest absolute Gasteiger partial charge is 0.429 e. The van der Waals surface area contributed by atoms with Gasteiger partial charge in [-0.2, -0.15) is 0 Å². The summed E-state index contributed by atoms with van der Waals surface area (Å²) in [4.78, 5) is 24.9. The molecule has 0 aromatic heterocycles. The molecular formula is C19H26N2O4. The first kappa shape index (κ1) is 20.3. The van der Waals surface area contributed by atoms with E-state index in [-0.39, 0.29) is 19.7 Å². The van der Waals surface area contributed by atoms with Crippen molar-refractivity contribution in [2.24, 2.45) is 0 Å². The number of hydrogen-bond acceptors (Lipinski definition) is 4. The average Bonchev–Trinajstić information content (AvgIpc) is 2.55. The average molecular weight is 346 g/mol. The van der Waals surface area contributed by atoms with E-state index in [2.05, 4.69) is 13.2 Å². The molecule has 0 unspecified atom stereocenters. The van der Waals surface area contributed by atoms with Crippen LogP contribution in [0.2, 0.25) is 0 Å². The van der Waals surface area contributed by atoms with Crippen LogP contribution >= 0.6 is 0 Å². The van der Waals surface area contributed by atoms with Crippen LogP contribution in [0.1, 0.15) is 26.3 Å². The van der Waals surface area contributed by atoms with Gasteiger partial charge in [0.25, 0.3) is 0 Å². The molecule has 0 aliphatic rings. The summed E-state index contributed by atoms with van der Waals surface area (Å²) >= 11 is 0. The maximum absolute atomic E-state index is 12.5. The van der Waals surface area contributed by atoms with E-state index < -0.39 is 17.8 Å². The second-order valence-electron chi connectivity index (χ2n) is 6.26. The third kappa shape index (κ3) is 7.12. The molecule has 1 aromatic rings. The highest BCUT2D eigenvalue weighted by Crippen LogP contribution is 2.13. The maximum Gasteiger partial charge on any atom is 0.429 e. The van der Waals surface area contributed by atoms with E-state index in [0.29, 0.717) is 0 Å². The number of hydrogen-bond donors (Lipinski definition) is 0. The summed E-state index contributed by atoms with van der Waals surface area (Å²) in [6.07, 6.45) is 1.68. The Morgan fingerprint density at radius 3 is 2.00 bits per heavy atom. The first-order chi connectivity index (χ1) is 11.8. The third-order valence-electron chi connectivity index (χ3n) is 2.92. The van der Waals surface area contributed by atoms with Gasteiger partial charge in [0.2, 0.25) is 0 Å². The number of amides is 2. The minimum atomic E-state index is -0.690. The number of ether oxygens (including phenoxy) is 2. The molecule has 136 valence electrons. The topological polar surface area (TPSA) is 59.1 Å². The number of nitrogens with zero attached hydrogens (tertiary/aromatic N) is 2. The van der Waals surface area contributed by atoms with Crippen molar-refractivity contribution in [3.63, 3.8) is 0 Å². The molecule has 0 radical (unpaired) electrons. The van der Waals surface area contributed by atoms with Gasteiger partial charge in [0, 0.05) is 0 Å². The van der Waals surface area contributed by atoms with Gasteiger partial charge in [0.15, 0.2) is 0 Å². The van der Waals surface area contributed by atoms with E-state index >= 15 is 0 Å². The Balaban J connectivity index is 2.87. The lowest BCUT2D eigenvalue weighted by Gasteiger charge is -2.33. The van der Waals surface area contributed by atoms with Crippen LogP contribution in [-0.2, 0) is 16.1 Å². The molecule has 0 aliphatic carbocycles. The summed E-state index contributed by atoms with van der Waals surface area (Å²) < 4.78 is 10.7. The molecule has 0 atom stereocenters. The second kappa shape index (κ2) is 9.52. The molecule has 0 saturated heterocycles. The predicted octanol–water partition coefficient (Wildman–Crippen LogP) is 4.15. The number of carbonyl (C=O) groups excluding carboxylic acids is 2. The molecule has 1 rings (SSSR count). The molecule has 0 aliphatic heterocycles. The predicted molar refractivity (Wildman–Crippen MR) is 96.7 cm³/mol. The SMILES string of the molecule is C=CCN(C(=O)OCc1ccccc1)N(CC=C)C(=O)OC(C)(C)C. The van der Waals surface area contributed by atoms with Crippen LogP contribution in [-0.4, -0.2) is 40.9 Å². The Labute approximate surface area is 149 Å². The van der Waals surface area contributed by atoms with E-state index in [1.165, 1.54) is 12.2 Å². The fraction of sp³-hybridized carbons (Fsp3) is 0.368. The van der Waals surface area contributed by atoms with Crippen molar-refractivity contribution in [2.75, 3.05) is 13.1 Å². The van der Waals surface area contributed by atoms with Gasteiger partial charge in [-0.3, -0.25) is 0 Å².